The van der Waals surface area contributed by atoms with Crippen molar-refractivity contribution in [2.75, 3.05) is 44.9 Å². The van der Waals surface area contributed by atoms with Crippen LogP contribution in [0.3, 0.4) is 0 Å². The molecule has 0 aromatic heterocycles. The second-order valence-electron chi connectivity index (χ2n) is 6.91. The van der Waals surface area contributed by atoms with Gasteiger partial charge in [-0.3, -0.25) is 14.5 Å². The average Bonchev–Trinajstić information content (AvgIpc) is 3.30. The first-order valence-corrected chi connectivity index (χ1v) is 9.80. The fraction of sp³-hybridized carbons (Fsp3) is 0.625. The highest BCUT2D eigenvalue weighted by atomic mass is 32.2. The molecule has 2 rings (SSSR count). The number of alkyl halides is 1. The summed E-state index contributed by atoms with van der Waals surface area (Å²) in [5, 5.41) is 14.3. The van der Waals surface area contributed by atoms with Gasteiger partial charge in [-0.15, -0.1) is 0 Å². The Labute approximate surface area is 147 Å². The zero-order chi connectivity index (χ0) is 18.7. The number of sulfone groups is 1. The van der Waals surface area contributed by atoms with Crippen molar-refractivity contribution in [2.45, 2.75) is 24.2 Å². The van der Waals surface area contributed by atoms with Gasteiger partial charge in [-0.05, 0) is 52.0 Å². The van der Waals surface area contributed by atoms with Crippen molar-refractivity contribution in [1.82, 2.24) is 4.90 Å². The third-order valence-corrected chi connectivity index (χ3v) is 6.32. The SMILES string of the molecule is CN(C)CCCNc1ccc(S(=O)(=O)CC2(CF)CC2)cc1[N+](=O)[O-]. The number of nitrogens with zero attached hydrogens (tertiary/aromatic N) is 2. The quantitative estimate of drug-likeness (QED) is 0.385. The first-order chi connectivity index (χ1) is 11.7. The molecule has 0 radical (unpaired) electrons. The van der Waals surface area contributed by atoms with Gasteiger partial charge in [0.25, 0.3) is 5.69 Å². The Morgan fingerprint density at radius 1 is 1.36 bits per heavy atom. The molecule has 140 valence electrons. The fourth-order valence-electron chi connectivity index (χ4n) is 2.60. The van der Waals surface area contributed by atoms with Gasteiger partial charge in [-0.25, -0.2) is 8.42 Å². The maximum atomic E-state index is 13.0. The third-order valence-electron chi connectivity index (χ3n) is 4.36. The van der Waals surface area contributed by atoms with E-state index in [1.807, 2.05) is 19.0 Å². The van der Waals surface area contributed by atoms with Gasteiger partial charge in [-0.1, -0.05) is 0 Å². The molecule has 1 aliphatic rings. The van der Waals surface area contributed by atoms with E-state index in [-0.39, 0.29) is 22.0 Å². The smallest absolute Gasteiger partial charge is 0.293 e. The largest absolute Gasteiger partial charge is 0.379 e. The zero-order valence-corrected chi connectivity index (χ0v) is 15.3. The summed E-state index contributed by atoms with van der Waals surface area (Å²) in [6.45, 7) is 0.689. The van der Waals surface area contributed by atoms with Crippen molar-refractivity contribution in [1.29, 1.82) is 0 Å². The second kappa shape index (κ2) is 7.65. The minimum Gasteiger partial charge on any atom is -0.379 e. The lowest BCUT2D eigenvalue weighted by atomic mass is 10.2. The molecule has 0 bridgehead atoms. The predicted molar refractivity (Wildman–Crippen MR) is 94.5 cm³/mol. The highest BCUT2D eigenvalue weighted by Gasteiger charge is 2.46. The molecule has 1 fully saturated rings. The van der Waals surface area contributed by atoms with Gasteiger partial charge in [0.15, 0.2) is 9.84 Å². The van der Waals surface area contributed by atoms with Crippen LogP contribution in [0.4, 0.5) is 15.8 Å². The Balaban J connectivity index is 2.16. The molecule has 1 aromatic rings. The lowest BCUT2D eigenvalue weighted by Gasteiger charge is -2.13. The fourth-order valence-corrected chi connectivity index (χ4v) is 4.51. The molecule has 0 heterocycles. The summed E-state index contributed by atoms with van der Waals surface area (Å²) >= 11 is 0. The van der Waals surface area contributed by atoms with Gasteiger partial charge in [0.1, 0.15) is 5.69 Å². The number of halogens is 1. The first kappa shape index (κ1) is 19.6. The van der Waals surface area contributed by atoms with E-state index in [9.17, 15) is 22.9 Å². The Hall–Kier alpha value is -1.74. The number of rotatable bonds is 10. The molecule has 7 nitrogen and oxygen atoms in total. The van der Waals surface area contributed by atoms with Crippen LogP contribution in [-0.2, 0) is 9.84 Å². The van der Waals surface area contributed by atoms with Crippen molar-refractivity contribution in [3.05, 3.63) is 28.3 Å². The molecule has 0 saturated heterocycles. The van der Waals surface area contributed by atoms with E-state index in [2.05, 4.69) is 5.32 Å². The Kier molecular flexibility index (Phi) is 5.99. The molecule has 0 unspecified atom stereocenters. The second-order valence-corrected chi connectivity index (χ2v) is 8.90. The summed E-state index contributed by atoms with van der Waals surface area (Å²) in [5.74, 6) is -0.302. The topological polar surface area (TPSA) is 92.6 Å². The highest BCUT2D eigenvalue weighted by molar-refractivity contribution is 7.91. The number of anilines is 1. The van der Waals surface area contributed by atoms with Crippen molar-refractivity contribution in [3.8, 4) is 0 Å². The number of nitro benzene ring substituents is 1. The van der Waals surface area contributed by atoms with Crippen molar-refractivity contribution >= 4 is 21.2 Å². The maximum absolute atomic E-state index is 13.0. The van der Waals surface area contributed by atoms with E-state index in [1.165, 1.54) is 12.1 Å². The van der Waals surface area contributed by atoms with Gasteiger partial charge in [0.2, 0.25) is 0 Å². The summed E-state index contributed by atoms with van der Waals surface area (Å²) in [7, 11) is 0.118. The van der Waals surface area contributed by atoms with Gasteiger partial charge in [0.05, 0.1) is 22.2 Å². The predicted octanol–water partition coefficient (Wildman–Crippen LogP) is 2.48. The monoisotopic (exact) mass is 373 g/mol. The zero-order valence-electron chi connectivity index (χ0n) is 14.5. The Morgan fingerprint density at radius 2 is 2.04 bits per heavy atom. The molecular formula is C16H24FN3O4S. The molecule has 1 saturated carbocycles. The van der Waals surface area contributed by atoms with Gasteiger partial charge >= 0.3 is 0 Å². The first-order valence-electron chi connectivity index (χ1n) is 8.15. The molecule has 0 atom stereocenters. The van der Waals surface area contributed by atoms with E-state index < -0.39 is 26.9 Å². The van der Waals surface area contributed by atoms with Crippen LogP contribution in [0.5, 0.6) is 0 Å². The van der Waals surface area contributed by atoms with Gasteiger partial charge < -0.3 is 10.2 Å². The van der Waals surface area contributed by atoms with Crippen molar-refractivity contribution in [2.24, 2.45) is 5.41 Å². The molecule has 0 spiro atoms. The molecule has 0 amide bonds. The minimum absolute atomic E-state index is 0.127. The molecule has 1 N–H and O–H groups in total. The van der Waals surface area contributed by atoms with Crippen molar-refractivity contribution in [3.63, 3.8) is 0 Å². The Bertz CT molecular complexity index is 733. The molecular weight excluding hydrogens is 349 g/mol. The molecule has 9 heteroatoms. The van der Waals surface area contributed by atoms with E-state index in [1.54, 1.807) is 0 Å². The summed E-state index contributed by atoms with van der Waals surface area (Å²) in [5.41, 5.74) is -0.790. The van der Waals surface area contributed by atoms with Crippen LogP contribution in [-0.4, -0.2) is 57.9 Å². The van der Waals surface area contributed by atoms with Crippen LogP contribution in [0, 0.1) is 15.5 Å². The van der Waals surface area contributed by atoms with Crippen LogP contribution < -0.4 is 5.32 Å². The lowest BCUT2D eigenvalue weighted by molar-refractivity contribution is -0.384. The minimum atomic E-state index is -3.76. The third kappa shape index (κ3) is 5.12. The number of benzene rings is 1. The van der Waals surface area contributed by atoms with E-state index in [0.717, 1.165) is 19.0 Å². The standard InChI is InChI=1S/C16H24FN3O4S/c1-19(2)9-3-8-18-14-5-4-13(10-15(14)20(21)22)25(23,24)12-16(11-17)6-7-16/h4-5,10,18H,3,6-9,11-12H2,1-2H3. The normalized spacial score (nSPS) is 16.0. The number of hydrogen-bond donors (Lipinski definition) is 1. The van der Waals surface area contributed by atoms with Crippen LogP contribution in [0.1, 0.15) is 19.3 Å². The summed E-state index contributed by atoms with van der Waals surface area (Å²) in [6.07, 6.45) is 1.87. The van der Waals surface area contributed by atoms with Crippen LogP contribution in [0.25, 0.3) is 0 Å². The molecule has 1 aliphatic carbocycles. The van der Waals surface area contributed by atoms with Crippen molar-refractivity contribution < 1.29 is 17.7 Å². The number of nitrogens with one attached hydrogen (secondary N) is 1. The lowest BCUT2D eigenvalue weighted by Crippen LogP contribution is -2.19. The number of nitro groups is 1. The molecule has 1 aromatic carbocycles. The average molecular weight is 373 g/mol. The molecule has 0 aliphatic heterocycles. The molecule has 25 heavy (non-hydrogen) atoms. The summed E-state index contributed by atoms with van der Waals surface area (Å²) in [6, 6.07) is 3.83. The van der Waals surface area contributed by atoms with E-state index >= 15 is 0 Å². The van der Waals surface area contributed by atoms with E-state index in [0.29, 0.717) is 19.4 Å². The van der Waals surface area contributed by atoms with Gasteiger partial charge in [0, 0.05) is 18.0 Å². The van der Waals surface area contributed by atoms with Crippen LogP contribution in [0.15, 0.2) is 23.1 Å². The van der Waals surface area contributed by atoms with Gasteiger partial charge in [-0.2, -0.15) is 0 Å². The van der Waals surface area contributed by atoms with Crippen LogP contribution in [0.2, 0.25) is 0 Å². The Morgan fingerprint density at radius 3 is 2.56 bits per heavy atom. The maximum Gasteiger partial charge on any atom is 0.293 e. The highest BCUT2D eigenvalue weighted by Crippen LogP contribution is 2.48. The van der Waals surface area contributed by atoms with Crippen LogP contribution >= 0.6 is 0 Å². The summed E-state index contributed by atoms with van der Waals surface area (Å²) in [4.78, 5) is 12.6. The summed E-state index contributed by atoms with van der Waals surface area (Å²) < 4.78 is 37.9. The van der Waals surface area contributed by atoms with E-state index in [4.69, 9.17) is 0 Å². The number of hydrogen-bond acceptors (Lipinski definition) is 6.